The first-order chi connectivity index (χ1) is 13.0. The maximum absolute atomic E-state index is 12.8. The monoisotopic (exact) mass is 389 g/mol. The van der Waals surface area contributed by atoms with E-state index in [1.165, 1.54) is 22.3 Å². The molecule has 6 nitrogen and oxygen atoms in total. The maximum Gasteiger partial charge on any atom is 0.328 e. The van der Waals surface area contributed by atoms with Crippen molar-refractivity contribution in [3.8, 4) is 0 Å². The fourth-order valence-corrected chi connectivity index (χ4v) is 5.43. The minimum atomic E-state index is -0.327. The van der Waals surface area contributed by atoms with Crippen molar-refractivity contribution in [1.82, 2.24) is 14.5 Å². The molecule has 1 atom stereocenters. The topological polar surface area (TPSA) is 75.2 Å². The maximum atomic E-state index is 12.8. The molecule has 2 aliphatic rings. The smallest absolute Gasteiger partial charge is 0.328 e. The molecule has 146 valence electrons. The van der Waals surface area contributed by atoms with E-state index in [9.17, 15) is 14.4 Å². The third-order valence-corrected chi connectivity index (χ3v) is 7.10. The summed E-state index contributed by atoms with van der Waals surface area (Å²) >= 11 is 1.37. The van der Waals surface area contributed by atoms with Gasteiger partial charge in [-0.25, -0.2) is 4.79 Å². The Labute approximate surface area is 162 Å². The van der Waals surface area contributed by atoms with Gasteiger partial charge in [-0.05, 0) is 61.8 Å². The van der Waals surface area contributed by atoms with Gasteiger partial charge < -0.3 is 9.88 Å². The van der Waals surface area contributed by atoms with Crippen molar-refractivity contribution in [2.75, 3.05) is 13.1 Å². The van der Waals surface area contributed by atoms with Crippen LogP contribution in [0.1, 0.15) is 45.4 Å². The Balaban J connectivity index is 1.39. The highest BCUT2D eigenvalue weighted by molar-refractivity contribution is 7.17. The summed E-state index contributed by atoms with van der Waals surface area (Å²) < 4.78 is 1.95. The number of piperidine rings is 1. The molecular weight excluding hydrogens is 362 g/mol. The summed E-state index contributed by atoms with van der Waals surface area (Å²) in [6.45, 7) is 4.46. The zero-order valence-corrected chi connectivity index (χ0v) is 16.6. The summed E-state index contributed by atoms with van der Waals surface area (Å²) in [5.74, 6) is 1.31. The van der Waals surface area contributed by atoms with E-state index in [4.69, 9.17) is 0 Å². The van der Waals surface area contributed by atoms with Gasteiger partial charge >= 0.3 is 5.69 Å². The SMILES string of the molecule is C[C@@H]1CCCN(C(=O)C2CCC(Cn3c(=O)[nH]c4ccsc4c3=O)CC2)C1. The number of H-pyrrole nitrogens is 1. The van der Waals surface area contributed by atoms with Crippen LogP contribution in [0.25, 0.3) is 10.2 Å². The molecule has 2 aromatic rings. The number of aromatic nitrogens is 2. The molecule has 0 aromatic carbocycles. The average molecular weight is 390 g/mol. The van der Waals surface area contributed by atoms with E-state index in [1.807, 2.05) is 5.38 Å². The number of hydrogen-bond acceptors (Lipinski definition) is 4. The van der Waals surface area contributed by atoms with Crippen molar-refractivity contribution in [1.29, 1.82) is 0 Å². The molecule has 7 heteroatoms. The number of thiophene rings is 1. The fourth-order valence-electron chi connectivity index (χ4n) is 4.63. The number of aromatic amines is 1. The van der Waals surface area contributed by atoms with E-state index in [0.717, 1.165) is 45.2 Å². The van der Waals surface area contributed by atoms with Crippen molar-refractivity contribution in [3.05, 3.63) is 32.3 Å². The third-order valence-electron chi connectivity index (χ3n) is 6.20. The molecule has 3 heterocycles. The number of nitrogens with zero attached hydrogens (tertiary/aromatic N) is 2. The molecule has 0 unspecified atom stereocenters. The van der Waals surface area contributed by atoms with Crippen LogP contribution in [-0.4, -0.2) is 33.4 Å². The summed E-state index contributed by atoms with van der Waals surface area (Å²) in [6, 6.07) is 1.77. The summed E-state index contributed by atoms with van der Waals surface area (Å²) in [5.41, 5.74) is 0.104. The first-order valence-electron chi connectivity index (χ1n) is 10.0. The summed E-state index contributed by atoms with van der Waals surface area (Å²) in [6.07, 6.45) is 5.85. The molecule has 1 saturated heterocycles. The number of fused-ring (bicyclic) bond motifs is 1. The van der Waals surface area contributed by atoms with Crippen molar-refractivity contribution in [2.24, 2.45) is 17.8 Å². The number of carbonyl (C=O) groups is 1. The Kier molecular flexibility index (Phi) is 5.21. The van der Waals surface area contributed by atoms with Crippen LogP contribution < -0.4 is 11.2 Å². The van der Waals surface area contributed by atoms with Crippen LogP contribution in [0.2, 0.25) is 0 Å². The van der Waals surface area contributed by atoms with Crippen LogP contribution in [0, 0.1) is 17.8 Å². The molecule has 1 saturated carbocycles. The number of rotatable bonds is 3. The van der Waals surface area contributed by atoms with Gasteiger partial charge in [0.1, 0.15) is 4.70 Å². The summed E-state index contributed by atoms with van der Waals surface area (Å²) in [5, 5.41) is 1.82. The Morgan fingerprint density at radius 1 is 1.22 bits per heavy atom. The summed E-state index contributed by atoms with van der Waals surface area (Å²) in [4.78, 5) is 42.5. The molecule has 0 spiro atoms. The Hall–Kier alpha value is -1.89. The number of carbonyl (C=O) groups excluding carboxylic acids is 1. The van der Waals surface area contributed by atoms with Gasteiger partial charge in [0.2, 0.25) is 5.91 Å². The number of hydrogen-bond donors (Lipinski definition) is 1. The van der Waals surface area contributed by atoms with E-state index < -0.39 is 0 Å². The predicted molar refractivity (Wildman–Crippen MR) is 107 cm³/mol. The van der Waals surface area contributed by atoms with Gasteiger partial charge in [0.25, 0.3) is 5.56 Å². The van der Waals surface area contributed by atoms with Crippen molar-refractivity contribution in [2.45, 2.75) is 52.0 Å². The van der Waals surface area contributed by atoms with Gasteiger partial charge in [-0.2, -0.15) is 0 Å². The van der Waals surface area contributed by atoms with Crippen LogP contribution in [0.15, 0.2) is 21.0 Å². The molecule has 0 bridgehead atoms. The lowest BCUT2D eigenvalue weighted by Crippen LogP contribution is -2.43. The second kappa shape index (κ2) is 7.62. The Morgan fingerprint density at radius 2 is 2.00 bits per heavy atom. The average Bonchev–Trinajstić information content (AvgIpc) is 3.13. The second-order valence-electron chi connectivity index (χ2n) is 8.26. The molecule has 4 rings (SSSR count). The molecule has 1 amide bonds. The minimum Gasteiger partial charge on any atom is -0.342 e. The van der Waals surface area contributed by atoms with E-state index in [0.29, 0.717) is 28.6 Å². The van der Waals surface area contributed by atoms with Gasteiger partial charge in [-0.15, -0.1) is 11.3 Å². The third kappa shape index (κ3) is 3.74. The van der Waals surface area contributed by atoms with Crippen LogP contribution in [0.5, 0.6) is 0 Å². The quantitative estimate of drug-likeness (QED) is 0.877. The van der Waals surface area contributed by atoms with Crippen molar-refractivity contribution < 1.29 is 4.79 Å². The first-order valence-corrected chi connectivity index (χ1v) is 10.9. The van der Waals surface area contributed by atoms with Crippen LogP contribution in [0.4, 0.5) is 0 Å². The first kappa shape index (κ1) is 18.5. The fraction of sp³-hybridized carbons (Fsp3) is 0.650. The molecule has 1 aliphatic carbocycles. The molecule has 0 radical (unpaired) electrons. The summed E-state index contributed by atoms with van der Waals surface area (Å²) in [7, 11) is 0. The zero-order valence-electron chi connectivity index (χ0n) is 15.8. The number of amides is 1. The van der Waals surface area contributed by atoms with Crippen molar-refractivity contribution >= 4 is 27.5 Å². The number of nitrogens with one attached hydrogen (secondary N) is 1. The highest BCUT2D eigenvalue weighted by Crippen LogP contribution is 2.32. The van der Waals surface area contributed by atoms with Gasteiger partial charge in [0, 0.05) is 25.6 Å². The minimum absolute atomic E-state index is 0.112. The van der Waals surface area contributed by atoms with E-state index in [2.05, 4.69) is 16.8 Å². The second-order valence-corrected chi connectivity index (χ2v) is 9.17. The highest BCUT2D eigenvalue weighted by Gasteiger charge is 2.31. The lowest BCUT2D eigenvalue weighted by atomic mass is 9.81. The molecule has 1 N–H and O–H groups in total. The highest BCUT2D eigenvalue weighted by atomic mass is 32.1. The van der Waals surface area contributed by atoms with Gasteiger partial charge in [-0.1, -0.05) is 6.92 Å². The molecular formula is C20H27N3O3S. The van der Waals surface area contributed by atoms with Crippen LogP contribution in [-0.2, 0) is 11.3 Å². The molecule has 27 heavy (non-hydrogen) atoms. The van der Waals surface area contributed by atoms with E-state index >= 15 is 0 Å². The number of likely N-dealkylation sites (tertiary alicyclic amines) is 1. The lowest BCUT2D eigenvalue weighted by molar-refractivity contribution is -0.138. The van der Waals surface area contributed by atoms with Crippen molar-refractivity contribution in [3.63, 3.8) is 0 Å². The van der Waals surface area contributed by atoms with Gasteiger partial charge in [0.05, 0.1) is 5.52 Å². The normalized spacial score (nSPS) is 26.4. The van der Waals surface area contributed by atoms with Crippen LogP contribution in [0.3, 0.4) is 0 Å². The predicted octanol–water partition coefficient (Wildman–Crippen LogP) is 2.82. The van der Waals surface area contributed by atoms with E-state index in [-0.39, 0.29) is 23.1 Å². The Bertz CT molecular complexity index is 936. The van der Waals surface area contributed by atoms with E-state index in [1.54, 1.807) is 6.07 Å². The largest absolute Gasteiger partial charge is 0.342 e. The Morgan fingerprint density at radius 3 is 2.74 bits per heavy atom. The zero-order chi connectivity index (χ0) is 19.0. The lowest BCUT2D eigenvalue weighted by Gasteiger charge is -2.36. The van der Waals surface area contributed by atoms with Gasteiger partial charge in [0.15, 0.2) is 0 Å². The van der Waals surface area contributed by atoms with Crippen LogP contribution >= 0.6 is 11.3 Å². The van der Waals surface area contributed by atoms with Gasteiger partial charge in [-0.3, -0.25) is 14.2 Å². The molecule has 2 fully saturated rings. The standard InChI is InChI=1S/C20H27N3O3S/c1-13-3-2-9-22(11-13)18(24)15-6-4-14(5-7-15)12-23-19(25)17-16(8-10-27-17)21-20(23)26/h8,10,13-15H,2-7,9,11-12H2,1H3,(H,21,26)/t13-,14?,15?/m1/s1. The molecule has 2 aromatic heterocycles. The molecule has 1 aliphatic heterocycles.